The van der Waals surface area contributed by atoms with Gasteiger partial charge in [-0.2, -0.15) is 0 Å². The smallest absolute Gasteiger partial charge is 0.251 e. The van der Waals surface area contributed by atoms with E-state index < -0.39 is 0 Å². The van der Waals surface area contributed by atoms with Gasteiger partial charge < -0.3 is 15.7 Å². The third-order valence-electron chi connectivity index (χ3n) is 3.15. The lowest BCUT2D eigenvalue weighted by Gasteiger charge is -2.11. The minimum Gasteiger partial charge on any atom is -0.507 e. The van der Waals surface area contributed by atoms with Crippen LogP contribution >= 0.6 is 15.9 Å². The molecule has 1 heterocycles. The first kappa shape index (κ1) is 13.4. The monoisotopic (exact) mass is 312 g/mol. The zero-order valence-electron chi connectivity index (χ0n) is 10.1. The van der Waals surface area contributed by atoms with E-state index in [2.05, 4.69) is 26.6 Å². The maximum atomic E-state index is 11.8. The SMILES string of the molecule is O=C(NCCC1CCCN1)c1ccc(Br)c(O)c1. The van der Waals surface area contributed by atoms with Gasteiger partial charge in [0.05, 0.1) is 4.47 Å². The van der Waals surface area contributed by atoms with Gasteiger partial charge in [-0.05, 0) is 59.9 Å². The highest BCUT2D eigenvalue weighted by Crippen LogP contribution is 2.24. The molecule has 1 unspecified atom stereocenters. The largest absolute Gasteiger partial charge is 0.507 e. The molecule has 3 N–H and O–H groups in total. The van der Waals surface area contributed by atoms with Crippen LogP contribution in [0.2, 0.25) is 0 Å². The van der Waals surface area contributed by atoms with Crippen molar-refractivity contribution in [3.8, 4) is 5.75 Å². The number of phenolic OH excluding ortho intramolecular Hbond substituents is 1. The molecule has 1 atom stereocenters. The Bertz CT molecular complexity index is 431. The van der Waals surface area contributed by atoms with E-state index >= 15 is 0 Å². The number of hydrogen-bond acceptors (Lipinski definition) is 3. The van der Waals surface area contributed by atoms with Crippen molar-refractivity contribution in [3.63, 3.8) is 0 Å². The number of amides is 1. The van der Waals surface area contributed by atoms with Gasteiger partial charge in [0.15, 0.2) is 0 Å². The maximum Gasteiger partial charge on any atom is 0.251 e. The van der Waals surface area contributed by atoms with Gasteiger partial charge in [-0.25, -0.2) is 0 Å². The number of hydrogen-bond donors (Lipinski definition) is 3. The van der Waals surface area contributed by atoms with Crippen LogP contribution in [0.25, 0.3) is 0 Å². The number of phenols is 1. The molecule has 2 rings (SSSR count). The van der Waals surface area contributed by atoms with Gasteiger partial charge in [-0.3, -0.25) is 4.79 Å². The minimum absolute atomic E-state index is 0.0834. The molecule has 5 heteroatoms. The van der Waals surface area contributed by atoms with Gasteiger partial charge in [0.25, 0.3) is 5.91 Å². The van der Waals surface area contributed by atoms with Crippen LogP contribution in [0.1, 0.15) is 29.6 Å². The van der Waals surface area contributed by atoms with Gasteiger partial charge in [-0.15, -0.1) is 0 Å². The number of carbonyl (C=O) groups excluding carboxylic acids is 1. The van der Waals surface area contributed by atoms with E-state index in [4.69, 9.17) is 0 Å². The third kappa shape index (κ3) is 3.46. The molecule has 0 saturated carbocycles. The Balaban J connectivity index is 1.81. The molecule has 1 aliphatic rings. The summed E-state index contributed by atoms with van der Waals surface area (Å²) in [6.45, 7) is 1.74. The van der Waals surface area contributed by atoms with Crippen molar-refractivity contribution in [3.05, 3.63) is 28.2 Å². The van der Waals surface area contributed by atoms with Crippen molar-refractivity contribution in [1.82, 2.24) is 10.6 Å². The highest BCUT2D eigenvalue weighted by atomic mass is 79.9. The Morgan fingerprint density at radius 3 is 3.06 bits per heavy atom. The van der Waals surface area contributed by atoms with Crippen molar-refractivity contribution in [2.75, 3.05) is 13.1 Å². The van der Waals surface area contributed by atoms with Crippen molar-refractivity contribution in [1.29, 1.82) is 0 Å². The molecule has 0 aliphatic carbocycles. The standard InChI is InChI=1S/C13H17BrN2O2/c14-11-4-3-9(8-12(11)17)13(18)16-7-5-10-2-1-6-15-10/h3-4,8,10,15,17H,1-2,5-7H2,(H,16,18). The van der Waals surface area contributed by atoms with Gasteiger partial charge in [-0.1, -0.05) is 0 Å². The quantitative estimate of drug-likeness (QED) is 0.797. The highest BCUT2D eigenvalue weighted by molar-refractivity contribution is 9.10. The van der Waals surface area contributed by atoms with Crippen LogP contribution in [0.5, 0.6) is 5.75 Å². The molecule has 1 amide bonds. The fourth-order valence-electron chi connectivity index (χ4n) is 2.12. The lowest BCUT2D eigenvalue weighted by molar-refractivity contribution is 0.0952. The molecule has 0 bridgehead atoms. The molecule has 0 radical (unpaired) electrons. The van der Waals surface area contributed by atoms with E-state index in [1.165, 1.54) is 18.9 Å². The predicted molar refractivity (Wildman–Crippen MR) is 73.8 cm³/mol. The van der Waals surface area contributed by atoms with Crippen LogP contribution in [-0.2, 0) is 0 Å². The molecule has 1 aliphatic heterocycles. The average Bonchev–Trinajstić information content (AvgIpc) is 2.85. The third-order valence-corrected chi connectivity index (χ3v) is 3.82. The number of halogens is 1. The van der Waals surface area contributed by atoms with Gasteiger partial charge in [0, 0.05) is 18.2 Å². The topological polar surface area (TPSA) is 61.4 Å². The molecule has 4 nitrogen and oxygen atoms in total. The molecule has 18 heavy (non-hydrogen) atoms. The fraction of sp³-hybridized carbons (Fsp3) is 0.462. The van der Waals surface area contributed by atoms with E-state index in [1.54, 1.807) is 12.1 Å². The molecule has 1 aromatic rings. The normalized spacial score (nSPS) is 18.8. The minimum atomic E-state index is -0.143. The van der Waals surface area contributed by atoms with Crippen LogP contribution in [0.3, 0.4) is 0 Å². The first-order valence-corrected chi connectivity index (χ1v) is 6.96. The summed E-state index contributed by atoms with van der Waals surface area (Å²) in [5.41, 5.74) is 0.482. The lowest BCUT2D eigenvalue weighted by Crippen LogP contribution is -2.30. The molecular weight excluding hydrogens is 296 g/mol. The number of aromatic hydroxyl groups is 1. The first-order chi connectivity index (χ1) is 8.66. The molecule has 1 saturated heterocycles. The van der Waals surface area contributed by atoms with Crippen molar-refractivity contribution in [2.24, 2.45) is 0 Å². The maximum absolute atomic E-state index is 11.8. The lowest BCUT2D eigenvalue weighted by atomic mass is 10.1. The Labute approximate surface area is 115 Å². The predicted octanol–water partition coefficient (Wildman–Crippen LogP) is 2.03. The van der Waals surface area contributed by atoms with Crippen molar-refractivity contribution < 1.29 is 9.90 Å². The number of rotatable bonds is 4. The van der Waals surface area contributed by atoms with Crippen molar-refractivity contribution >= 4 is 21.8 Å². The second-order valence-corrected chi connectivity index (χ2v) is 5.36. The summed E-state index contributed by atoms with van der Waals surface area (Å²) >= 11 is 3.19. The summed E-state index contributed by atoms with van der Waals surface area (Å²) in [5, 5.41) is 15.8. The van der Waals surface area contributed by atoms with E-state index in [1.807, 2.05) is 0 Å². The number of carbonyl (C=O) groups is 1. The summed E-state index contributed by atoms with van der Waals surface area (Å²) in [6, 6.07) is 5.35. The fourth-order valence-corrected chi connectivity index (χ4v) is 2.37. The van der Waals surface area contributed by atoms with Crippen molar-refractivity contribution in [2.45, 2.75) is 25.3 Å². The van der Waals surface area contributed by atoms with E-state index in [0.717, 1.165) is 13.0 Å². The molecular formula is C13H17BrN2O2. The van der Waals surface area contributed by atoms with Crippen LogP contribution in [0.15, 0.2) is 22.7 Å². The van der Waals surface area contributed by atoms with Crippen LogP contribution < -0.4 is 10.6 Å². The summed E-state index contributed by atoms with van der Waals surface area (Å²) in [4.78, 5) is 11.8. The van der Waals surface area contributed by atoms with E-state index in [-0.39, 0.29) is 11.7 Å². The Hall–Kier alpha value is -1.07. The average molecular weight is 313 g/mol. The van der Waals surface area contributed by atoms with E-state index in [9.17, 15) is 9.90 Å². The molecule has 1 fully saturated rings. The van der Waals surface area contributed by atoms with Gasteiger partial charge in [0.1, 0.15) is 5.75 Å². The zero-order valence-corrected chi connectivity index (χ0v) is 11.7. The van der Waals surface area contributed by atoms with Gasteiger partial charge in [0.2, 0.25) is 0 Å². The Morgan fingerprint density at radius 1 is 1.56 bits per heavy atom. The van der Waals surface area contributed by atoms with Crippen LogP contribution in [0.4, 0.5) is 0 Å². The molecule has 98 valence electrons. The summed E-state index contributed by atoms with van der Waals surface area (Å²) in [6.07, 6.45) is 3.36. The summed E-state index contributed by atoms with van der Waals surface area (Å²) in [7, 11) is 0. The summed E-state index contributed by atoms with van der Waals surface area (Å²) < 4.78 is 0.592. The van der Waals surface area contributed by atoms with Gasteiger partial charge >= 0.3 is 0 Å². The van der Waals surface area contributed by atoms with E-state index in [0.29, 0.717) is 22.6 Å². The van der Waals surface area contributed by atoms with Crippen LogP contribution in [-0.4, -0.2) is 30.1 Å². The molecule has 0 aromatic heterocycles. The Kier molecular flexibility index (Phi) is 4.60. The Morgan fingerprint density at radius 2 is 2.39 bits per heavy atom. The first-order valence-electron chi connectivity index (χ1n) is 6.17. The second-order valence-electron chi connectivity index (χ2n) is 4.50. The number of nitrogens with one attached hydrogen (secondary N) is 2. The highest BCUT2D eigenvalue weighted by Gasteiger charge is 2.14. The second kappa shape index (κ2) is 6.20. The molecule has 0 spiro atoms. The number of benzene rings is 1. The molecule has 1 aromatic carbocycles. The summed E-state index contributed by atoms with van der Waals surface area (Å²) in [5.74, 6) is -0.0593. The van der Waals surface area contributed by atoms with Crippen LogP contribution in [0, 0.1) is 0 Å². The zero-order chi connectivity index (χ0) is 13.0.